The van der Waals surface area contributed by atoms with Crippen LogP contribution in [0, 0.1) is 6.92 Å². The smallest absolute Gasteiger partial charge is 0.260 e. The highest BCUT2D eigenvalue weighted by Gasteiger charge is 2.19. The fourth-order valence-corrected chi connectivity index (χ4v) is 3.84. The number of allylic oxidation sites excluding steroid dienone is 1. The number of aromatic nitrogens is 3. The van der Waals surface area contributed by atoms with Crippen molar-refractivity contribution in [2.75, 3.05) is 0 Å². The molecule has 0 aliphatic rings. The van der Waals surface area contributed by atoms with E-state index in [0.717, 1.165) is 27.5 Å². The number of carbonyl (C=O) groups excluding carboxylic acids is 1. The Bertz CT molecular complexity index is 1490. The Morgan fingerprint density at radius 3 is 2.48 bits per heavy atom. The number of rotatable bonds is 4. The predicted molar refractivity (Wildman–Crippen MR) is 124 cm³/mol. The van der Waals surface area contributed by atoms with Crippen molar-refractivity contribution in [2.24, 2.45) is 0 Å². The SMILES string of the molecule is Cc1ccc2c(-c3ccccc3)c(C(=O)/C=C/c3nc4ccccc4[nH]3)c(=O)[nH]c2c1. The minimum Gasteiger partial charge on any atom is -0.338 e. The number of H-pyrrole nitrogens is 2. The maximum atomic E-state index is 13.2. The van der Waals surface area contributed by atoms with Gasteiger partial charge in [-0.1, -0.05) is 54.6 Å². The summed E-state index contributed by atoms with van der Waals surface area (Å²) in [4.78, 5) is 36.7. The molecular formula is C26H19N3O2. The Morgan fingerprint density at radius 1 is 0.903 bits per heavy atom. The number of benzene rings is 3. The summed E-state index contributed by atoms with van der Waals surface area (Å²) in [6.07, 6.45) is 3.00. The molecule has 5 aromatic rings. The van der Waals surface area contributed by atoms with Crippen LogP contribution in [0.3, 0.4) is 0 Å². The fraction of sp³-hybridized carbons (Fsp3) is 0.0385. The first-order chi connectivity index (χ1) is 15.1. The van der Waals surface area contributed by atoms with Crippen molar-refractivity contribution in [3.8, 4) is 11.1 Å². The highest BCUT2D eigenvalue weighted by Crippen LogP contribution is 2.30. The lowest BCUT2D eigenvalue weighted by Gasteiger charge is -2.12. The van der Waals surface area contributed by atoms with E-state index in [-0.39, 0.29) is 11.3 Å². The van der Waals surface area contributed by atoms with E-state index in [1.54, 1.807) is 6.08 Å². The molecule has 31 heavy (non-hydrogen) atoms. The normalized spacial score (nSPS) is 11.5. The number of ketones is 1. The van der Waals surface area contributed by atoms with Gasteiger partial charge in [-0.2, -0.15) is 0 Å². The molecule has 150 valence electrons. The lowest BCUT2D eigenvalue weighted by atomic mass is 9.93. The summed E-state index contributed by atoms with van der Waals surface area (Å²) < 4.78 is 0. The lowest BCUT2D eigenvalue weighted by molar-refractivity contribution is 0.104. The number of nitrogens with zero attached hydrogens (tertiary/aromatic N) is 1. The van der Waals surface area contributed by atoms with Crippen molar-refractivity contribution < 1.29 is 4.79 Å². The van der Waals surface area contributed by atoms with E-state index >= 15 is 0 Å². The molecule has 5 nitrogen and oxygen atoms in total. The molecule has 2 heterocycles. The molecule has 3 aromatic carbocycles. The standard InChI is InChI=1S/C26H19N3O2/c1-16-11-12-18-21(15-16)29-26(31)25(24(18)17-7-3-2-4-8-17)22(30)13-14-23-27-19-9-5-6-10-20(19)28-23/h2-15H,1H3,(H,27,28)(H,29,31)/b14-13+. The molecule has 0 saturated carbocycles. The summed E-state index contributed by atoms with van der Waals surface area (Å²) in [5.74, 6) is 0.187. The minimum absolute atomic E-state index is 0.120. The van der Waals surface area contributed by atoms with Gasteiger partial charge in [0.15, 0.2) is 5.78 Å². The molecule has 2 N–H and O–H groups in total. The topological polar surface area (TPSA) is 78.6 Å². The Kier molecular flexibility index (Phi) is 4.56. The van der Waals surface area contributed by atoms with Gasteiger partial charge in [0.25, 0.3) is 5.56 Å². The number of fused-ring (bicyclic) bond motifs is 2. The Balaban J connectivity index is 1.66. The number of hydrogen-bond donors (Lipinski definition) is 2. The molecule has 0 aliphatic carbocycles. The summed E-state index contributed by atoms with van der Waals surface area (Å²) in [5, 5.41) is 0.830. The van der Waals surface area contributed by atoms with Crippen LogP contribution in [0.1, 0.15) is 21.7 Å². The highest BCUT2D eigenvalue weighted by atomic mass is 16.1. The number of aryl methyl sites for hydroxylation is 1. The van der Waals surface area contributed by atoms with Crippen LogP contribution >= 0.6 is 0 Å². The van der Waals surface area contributed by atoms with Gasteiger partial charge < -0.3 is 9.97 Å². The molecule has 0 bridgehead atoms. The van der Waals surface area contributed by atoms with E-state index < -0.39 is 5.56 Å². The third kappa shape index (κ3) is 3.46. The zero-order valence-electron chi connectivity index (χ0n) is 16.8. The van der Waals surface area contributed by atoms with Crippen molar-refractivity contribution in [1.82, 2.24) is 15.0 Å². The lowest BCUT2D eigenvalue weighted by Crippen LogP contribution is -2.18. The zero-order chi connectivity index (χ0) is 21.4. The largest absolute Gasteiger partial charge is 0.338 e. The molecule has 0 spiro atoms. The second kappa shape index (κ2) is 7.54. The van der Waals surface area contributed by atoms with Gasteiger partial charge in [0.1, 0.15) is 5.82 Å². The van der Waals surface area contributed by atoms with Crippen LogP contribution in [-0.2, 0) is 0 Å². The van der Waals surface area contributed by atoms with Gasteiger partial charge in [-0.3, -0.25) is 9.59 Å². The Labute approximate surface area is 178 Å². The summed E-state index contributed by atoms with van der Waals surface area (Å²) in [6, 6.07) is 23.0. The monoisotopic (exact) mass is 405 g/mol. The van der Waals surface area contributed by atoms with Crippen LogP contribution in [0.15, 0.2) is 83.7 Å². The summed E-state index contributed by atoms with van der Waals surface area (Å²) in [6.45, 7) is 1.97. The average Bonchev–Trinajstić information content (AvgIpc) is 3.20. The average molecular weight is 405 g/mol. The van der Waals surface area contributed by atoms with Gasteiger partial charge in [0.05, 0.1) is 16.6 Å². The van der Waals surface area contributed by atoms with Gasteiger partial charge in [-0.05, 0) is 48.4 Å². The molecule has 0 saturated heterocycles. The second-order valence-corrected chi connectivity index (χ2v) is 7.46. The third-order valence-corrected chi connectivity index (χ3v) is 5.28. The molecule has 5 rings (SSSR count). The minimum atomic E-state index is -0.406. The van der Waals surface area contributed by atoms with E-state index in [1.165, 1.54) is 6.08 Å². The van der Waals surface area contributed by atoms with Crippen molar-refractivity contribution in [3.05, 3.63) is 106 Å². The molecule has 0 fully saturated rings. The molecule has 0 atom stereocenters. The highest BCUT2D eigenvalue weighted by molar-refractivity contribution is 6.15. The van der Waals surface area contributed by atoms with Crippen LogP contribution in [-0.4, -0.2) is 20.7 Å². The van der Waals surface area contributed by atoms with E-state index in [9.17, 15) is 9.59 Å². The molecule has 2 aromatic heterocycles. The molecule has 0 unspecified atom stereocenters. The first-order valence-corrected chi connectivity index (χ1v) is 9.99. The van der Waals surface area contributed by atoms with Gasteiger partial charge in [0, 0.05) is 16.5 Å². The van der Waals surface area contributed by atoms with Gasteiger partial charge in [-0.25, -0.2) is 4.98 Å². The first kappa shape index (κ1) is 18.8. The Hall–Kier alpha value is -4.25. The van der Waals surface area contributed by atoms with Gasteiger partial charge in [-0.15, -0.1) is 0 Å². The van der Waals surface area contributed by atoms with E-state index in [1.807, 2.05) is 79.7 Å². The predicted octanol–water partition coefficient (Wildman–Crippen LogP) is 5.28. The summed E-state index contributed by atoms with van der Waals surface area (Å²) >= 11 is 0. The van der Waals surface area contributed by atoms with Gasteiger partial charge >= 0.3 is 0 Å². The fourth-order valence-electron chi connectivity index (χ4n) is 3.84. The summed E-state index contributed by atoms with van der Waals surface area (Å²) in [5.41, 5.74) is 4.62. The number of para-hydroxylation sites is 2. The van der Waals surface area contributed by atoms with Gasteiger partial charge in [0.2, 0.25) is 0 Å². The first-order valence-electron chi connectivity index (χ1n) is 9.99. The van der Waals surface area contributed by atoms with Crippen molar-refractivity contribution >= 4 is 33.8 Å². The zero-order valence-corrected chi connectivity index (χ0v) is 16.8. The molecule has 0 radical (unpaired) electrons. The molecule has 0 aliphatic heterocycles. The molecule has 0 amide bonds. The summed E-state index contributed by atoms with van der Waals surface area (Å²) in [7, 11) is 0. The molecule has 5 heteroatoms. The van der Waals surface area contributed by atoms with Crippen molar-refractivity contribution in [2.45, 2.75) is 6.92 Å². The Morgan fingerprint density at radius 2 is 1.68 bits per heavy atom. The number of carbonyl (C=O) groups is 1. The van der Waals surface area contributed by atoms with E-state index in [4.69, 9.17) is 0 Å². The van der Waals surface area contributed by atoms with Crippen molar-refractivity contribution in [3.63, 3.8) is 0 Å². The number of pyridine rings is 1. The van der Waals surface area contributed by atoms with Crippen molar-refractivity contribution in [1.29, 1.82) is 0 Å². The van der Waals surface area contributed by atoms with Crippen LogP contribution in [0.5, 0.6) is 0 Å². The number of hydrogen-bond acceptors (Lipinski definition) is 3. The quantitative estimate of drug-likeness (QED) is 0.316. The number of imidazole rings is 1. The van der Waals surface area contributed by atoms with E-state index in [2.05, 4.69) is 15.0 Å². The third-order valence-electron chi connectivity index (χ3n) is 5.28. The molecular weight excluding hydrogens is 386 g/mol. The van der Waals surface area contributed by atoms with Crippen LogP contribution in [0.2, 0.25) is 0 Å². The second-order valence-electron chi connectivity index (χ2n) is 7.46. The van der Waals surface area contributed by atoms with E-state index in [0.29, 0.717) is 16.9 Å². The van der Waals surface area contributed by atoms with Crippen LogP contribution in [0.25, 0.3) is 39.1 Å². The maximum absolute atomic E-state index is 13.2. The number of aromatic amines is 2. The van der Waals surface area contributed by atoms with Crippen LogP contribution in [0.4, 0.5) is 0 Å². The number of nitrogens with one attached hydrogen (secondary N) is 2. The maximum Gasteiger partial charge on any atom is 0.260 e. The van der Waals surface area contributed by atoms with Crippen LogP contribution < -0.4 is 5.56 Å².